The molecule has 3 nitrogen and oxygen atoms in total. The van der Waals surface area contributed by atoms with Crippen LogP contribution in [0.1, 0.15) is 32.0 Å². The van der Waals surface area contributed by atoms with Crippen molar-refractivity contribution in [2.24, 2.45) is 10.8 Å². The van der Waals surface area contributed by atoms with Gasteiger partial charge in [-0.1, -0.05) is 12.7 Å². The molecule has 0 saturated carbocycles. The van der Waals surface area contributed by atoms with Gasteiger partial charge in [0.05, 0.1) is 42.6 Å². The second-order valence-corrected chi connectivity index (χ2v) is 8.42. The first kappa shape index (κ1) is 14.3. The highest BCUT2D eigenvalue weighted by Gasteiger charge is 2.62. The monoisotopic (exact) mass is 300 g/mol. The Labute approximate surface area is 133 Å². The van der Waals surface area contributed by atoms with Gasteiger partial charge in [0.15, 0.2) is 0 Å². The van der Waals surface area contributed by atoms with Crippen LogP contribution in [0, 0.1) is 10.8 Å². The molecule has 1 aromatic rings. The van der Waals surface area contributed by atoms with E-state index in [9.17, 15) is 0 Å². The van der Waals surface area contributed by atoms with Gasteiger partial charge in [0.25, 0.3) is 0 Å². The Bertz CT molecular complexity index is 544. The average Bonchev–Trinajstić information content (AvgIpc) is 2.43. The third-order valence-electron chi connectivity index (χ3n) is 5.87. The zero-order valence-corrected chi connectivity index (χ0v) is 13.8. The number of piperidine rings is 2. The van der Waals surface area contributed by atoms with Crippen molar-refractivity contribution in [3.8, 4) is 5.75 Å². The van der Waals surface area contributed by atoms with Crippen LogP contribution in [0.3, 0.4) is 0 Å². The number of rotatable bonds is 4. The summed E-state index contributed by atoms with van der Waals surface area (Å²) in [5, 5.41) is 0. The molecule has 5 rings (SSSR count). The van der Waals surface area contributed by atoms with E-state index in [1.165, 1.54) is 38.2 Å². The molecule has 0 spiro atoms. The number of benzene rings is 1. The van der Waals surface area contributed by atoms with Gasteiger partial charge in [-0.25, -0.2) is 0 Å². The lowest BCUT2D eigenvalue weighted by Gasteiger charge is -2.60. The van der Waals surface area contributed by atoms with Crippen molar-refractivity contribution in [3.05, 3.63) is 42.5 Å². The Morgan fingerprint density at radius 1 is 1.09 bits per heavy atom. The lowest BCUT2D eigenvalue weighted by Crippen LogP contribution is -3.40. The van der Waals surface area contributed by atoms with Crippen molar-refractivity contribution in [2.45, 2.75) is 26.4 Å². The summed E-state index contributed by atoms with van der Waals surface area (Å²) in [7, 11) is 0. The predicted molar refractivity (Wildman–Crippen MR) is 87.1 cm³/mol. The molecule has 4 saturated heterocycles. The van der Waals surface area contributed by atoms with Crippen molar-refractivity contribution in [1.82, 2.24) is 0 Å². The lowest BCUT2D eigenvalue weighted by atomic mass is 9.63. The first-order valence-electron chi connectivity index (χ1n) is 8.53. The molecule has 0 amide bonds. The van der Waals surface area contributed by atoms with Gasteiger partial charge in [0.2, 0.25) is 6.17 Å². The Morgan fingerprint density at radius 2 is 1.64 bits per heavy atom. The SMILES string of the molecule is C=CCOc1ccc(C2[NH+]3CC4(C)C[NH+]2CC(C)(C3)C4)cc1. The highest BCUT2D eigenvalue weighted by atomic mass is 16.5. The van der Waals surface area contributed by atoms with E-state index in [0.29, 0.717) is 23.6 Å². The molecule has 4 heterocycles. The maximum absolute atomic E-state index is 5.62. The molecule has 1 aromatic carbocycles. The van der Waals surface area contributed by atoms with E-state index in [1.807, 2.05) is 0 Å². The van der Waals surface area contributed by atoms with E-state index in [1.54, 1.807) is 15.9 Å². The Kier molecular flexibility index (Phi) is 3.14. The fraction of sp³-hybridized carbons (Fsp3) is 0.579. The second kappa shape index (κ2) is 4.84. The van der Waals surface area contributed by atoms with E-state index in [2.05, 4.69) is 44.7 Å². The van der Waals surface area contributed by atoms with Crippen LogP contribution in [0.25, 0.3) is 0 Å². The van der Waals surface area contributed by atoms with Gasteiger partial charge in [0, 0.05) is 0 Å². The summed E-state index contributed by atoms with van der Waals surface area (Å²) in [6.07, 6.45) is 3.84. The number of ether oxygens (including phenoxy) is 1. The molecular formula is C19H28N2O+2. The number of hydrogen-bond donors (Lipinski definition) is 2. The largest absolute Gasteiger partial charge is 0.490 e. The molecule has 4 fully saturated rings. The summed E-state index contributed by atoms with van der Waals surface area (Å²) in [5.74, 6) is 0.946. The summed E-state index contributed by atoms with van der Waals surface area (Å²) < 4.78 is 5.62. The predicted octanol–water partition coefficient (Wildman–Crippen LogP) is 0.463. The smallest absolute Gasteiger partial charge is 0.240 e. The molecule has 0 atom stereocenters. The van der Waals surface area contributed by atoms with Crippen molar-refractivity contribution in [3.63, 3.8) is 0 Å². The quantitative estimate of drug-likeness (QED) is 0.774. The van der Waals surface area contributed by atoms with E-state index < -0.39 is 0 Å². The number of quaternary nitrogens is 2. The highest BCUT2D eigenvalue weighted by Crippen LogP contribution is 2.39. The number of hydrogen-bond acceptors (Lipinski definition) is 1. The summed E-state index contributed by atoms with van der Waals surface area (Å²) in [6, 6.07) is 8.79. The molecule has 22 heavy (non-hydrogen) atoms. The minimum absolute atomic E-state index is 0.555. The fourth-order valence-corrected chi connectivity index (χ4v) is 5.80. The van der Waals surface area contributed by atoms with Crippen molar-refractivity contribution < 1.29 is 14.5 Å². The zero-order chi connectivity index (χ0) is 15.4. The second-order valence-electron chi connectivity index (χ2n) is 8.42. The molecule has 118 valence electrons. The summed E-state index contributed by atoms with van der Waals surface area (Å²) >= 11 is 0. The van der Waals surface area contributed by atoms with Crippen LogP contribution < -0.4 is 14.5 Å². The van der Waals surface area contributed by atoms with Crippen LogP contribution in [-0.2, 0) is 0 Å². The minimum atomic E-state index is 0.555. The summed E-state index contributed by atoms with van der Waals surface area (Å²) in [4.78, 5) is 3.59. The molecule has 0 radical (unpaired) electrons. The molecule has 4 bridgehead atoms. The maximum Gasteiger partial charge on any atom is 0.240 e. The molecule has 0 aliphatic carbocycles. The minimum Gasteiger partial charge on any atom is -0.490 e. The normalized spacial score (nSPS) is 42.4. The average molecular weight is 300 g/mol. The Hall–Kier alpha value is -1.32. The molecule has 4 aliphatic rings. The molecule has 0 unspecified atom stereocenters. The van der Waals surface area contributed by atoms with Gasteiger partial charge in [0.1, 0.15) is 12.4 Å². The van der Waals surface area contributed by atoms with E-state index >= 15 is 0 Å². The van der Waals surface area contributed by atoms with E-state index in [-0.39, 0.29) is 0 Å². The number of nitrogens with one attached hydrogen (secondary N) is 2. The third kappa shape index (κ3) is 2.27. The van der Waals surface area contributed by atoms with Crippen LogP contribution >= 0.6 is 0 Å². The van der Waals surface area contributed by atoms with Crippen LogP contribution in [0.5, 0.6) is 5.75 Å². The van der Waals surface area contributed by atoms with Gasteiger partial charge in [-0.3, -0.25) is 9.80 Å². The van der Waals surface area contributed by atoms with Crippen LogP contribution in [0.2, 0.25) is 0 Å². The summed E-state index contributed by atoms with van der Waals surface area (Å²) in [5.41, 5.74) is 2.58. The Balaban J connectivity index is 1.57. The first-order valence-corrected chi connectivity index (χ1v) is 8.53. The van der Waals surface area contributed by atoms with Crippen LogP contribution in [-0.4, -0.2) is 32.8 Å². The van der Waals surface area contributed by atoms with Gasteiger partial charge >= 0.3 is 0 Å². The Morgan fingerprint density at radius 3 is 2.14 bits per heavy atom. The molecule has 3 heteroatoms. The van der Waals surface area contributed by atoms with Crippen LogP contribution in [0.4, 0.5) is 0 Å². The third-order valence-corrected chi connectivity index (χ3v) is 5.87. The van der Waals surface area contributed by atoms with E-state index in [4.69, 9.17) is 4.74 Å². The van der Waals surface area contributed by atoms with Gasteiger partial charge < -0.3 is 4.74 Å². The zero-order valence-electron chi connectivity index (χ0n) is 13.8. The highest BCUT2D eigenvalue weighted by molar-refractivity contribution is 5.28. The van der Waals surface area contributed by atoms with Crippen molar-refractivity contribution >= 4 is 0 Å². The van der Waals surface area contributed by atoms with Crippen molar-refractivity contribution in [2.75, 3.05) is 32.8 Å². The molecule has 0 aromatic heterocycles. The van der Waals surface area contributed by atoms with Gasteiger partial charge in [-0.15, -0.1) is 0 Å². The summed E-state index contributed by atoms with van der Waals surface area (Å²) in [6.45, 7) is 14.6. The molecule has 2 N–H and O–H groups in total. The topological polar surface area (TPSA) is 18.1 Å². The van der Waals surface area contributed by atoms with Gasteiger partial charge in [-0.2, -0.15) is 0 Å². The molecular weight excluding hydrogens is 272 g/mol. The fourth-order valence-electron chi connectivity index (χ4n) is 5.80. The van der Waals surface area contributed by atoms with Crippen LogP contribution in [0.15, 0.2) is 36.9 Å². The first-order chi connectivity index (χ1) is 10.5. The standard InChI is InChI=1S/C19H26N2O/c1-4-9-22-16-7-5-15(6-8-16)17-20-11-18(2)10-19(3,13-20)14-21(17)12-18/h4-8,17H,1,9-14H2,2-3H3/p+2. The van der Waals surface area contributed by atoms with E-state index in [0.717, 1.165) is 5.75 Å². The van der Waals surface area contributed by atoms with Gasteiger partial charge in [-0.05, 0) is 44.5 Å². The lowest BCUT2D eigenvalue weighted by molar-refractivity contribution is -1.18. The maximum atomic E-state index is 5.62. The van der Waals surface area contributed by atoms with Crippen molar-refractivity contribution in [1.29, 1.82) is 0 Å². The molecule has 4 aliphatic heterocycles.